The molecule has 0 bridgehead atoms. The average molecular weight is 467 g/mol. The van der Waals surface area contributed by atoms with Crippen LogP contribution >= 0.6 is 34.4 Å². The molecule has 0 saturated carbocycles. The molecule has 31 heavy (non-hydrogen) atoms. The van der Waals surface area contributed by atoms with Gasteiger partial charge in [0.05, 0.1) is 5.75 Å². The van der Waals surface area contributed by atoms with Gasteiger partial charge in [-0.15, -0.1) is 21.5 Å². The molecule has 0 aliphatic rings. The van der Waals surface area contributed by atoms with Crippen molar-refractivity contribution >= 4 is 51.2 Å². The number of rotatable bonds is 10. The van der Waals surface area contributed by atoms with Gasteiger partial charge in [0.1, 0.15) is 0 Å². The van der Waals surface area contributed by atoms with Crippen LogP contribution in [0.25, 0.3) is 0 Å². The van der Waals surface area contributed by atoms with E-state index in [4.69, 9.17) is 0 Å². The fourth-order valence-electron chi connectivity index (χ4n) is 3.01. The first-order chi connectivity index (χ1) is 15.3. The Balaban J connectivity index is 1.26. The zero-order chi connectivity index (χ0) is 21.3. The zero-order valence-electron chi connectivity index (χ0n) is 16.8. The van der Waals surface area contributed by atoms with E-state index in [1.165, 1.54) is 33.5 Å². The molecule has 0 fully saturated rings. The molecule has 2 heterocycles. The van der Waals surface area contributed by atoms with Crippen molar-refractivity contribution in [1.29, 1.82) is 0 Å². The third-order valence-corrected chi connectivity index (χ3v) is 7.44. The number of benzene rings is 2. The molecule has 2 aromatic carbocycles. The summed E-state index contributed by atoms with van der Waals surface area (Å²) in [7, 11) is 0. The number of aromatic nitrogens is 2. The second kappa shape index (κ2) is 11.1. The van der Waals surface area contributed by atoms with Crippen LogP contribution in [0.2, 0.25) is 0 Å². The highest BCUT2D eigenvalue weighted by Gasteiger charge is 2.11. The van der Waals surface area contributed by atoms with Gasteiger partial charge in [0, 0.05) is 17.1 Å². The lowest BCUT2D eigenvalue weighted by molar-refractivity contribution is -0.113. The summed E-state index contributed by atoms with van der Waals surface area (Å²) in [6, 6.07) is 22.4. The number of hydrogen-bond acceptors (Lipinski definition) is 7. The maximum absolute atomic E-state index is 12.5. The minimum Gasteiger partial charge on any atom is -0.360 e. The molecule has 4 rings (SSSR count). The molecule has 0 unspecified atom stereocenters. The number of para-hydroxylation sites is 1. The molecule has 0 aliphatic carbocycles. The molecule has 0 spiro atoms. The van der Waals surface area contributed by atoms with Crippen molar-refractivity contribution in [2.24, 2.45) is 0 Å². The van der Waals surface area contributed by atoms with Gasteiger partial charge >= 0.3 is 0 Å². The van der Waals surface area contributed by atoms with Gasteiger partial charge in [-0.1, -0.05) is 77.7 Å². The number of nitrogens with one attached hydrogen (secondary N) is 2. The van der Waals surface area contributed by atoms with Crippen molar-refractivity contribution in [3.63, 3.8) is 0 Å². The van der Waals surface area contributed by atoms with E-state index < -0.39 is 0 Å². The summed E-state index contributed by atoms with van der Waals surface area (Å²) in [5, 5.41) is 17.5. The monoisotopic (exact) mass is 466 g/mol. The minimum atomic E-state index is -0.0482. The summed E-state index contributed by atoms with van der Waals surface area (Å²) in [6.07, 6.45) is 1.74. The fourth-order valence-corrected chi connectivity index (χ4v) is 5.30. The Kier molecular flexibility index (Phi) is 7.71. The molecule has 0 atom stereocenters. The predicted octanol–water partition coefficient (Wildman–Crippen LogP) is 5.58. The topological polar surface area (TPSA) is 66.9 Å². The summed E-state index contributed by atoms with van der Waals surface area (Å²) in [5.74, 6) is 0.247. The first-order valence-electron chi connectivity index (χ1n) is 9.90. The van der Waals surface area contributed by atoms with E-state index in [0.29, 0.717) is 5.75 Å². The number of nitrogens with zero attached hydrogens (tertiary/aromatic N) is 2. The molecule has 1 amide bonds. The van der Waals surface area contributed by atoms with E-state index in [1.54, 1.807) is 11.3 Å². The van der Waals surface area contributed by atoms with Crippen molar-refractivity contribution in [1.82, 2.24) is 10.2 Å². The van der Waals surface area contributed by atoms with E-state index in [1.807, 2.05) is 36.4 Å². The van der Waals surface area contributed by atoms with Crippen LogP contribution in [0.4, 0.5) is 10.8 Å². The van der Waals surface area contributed by atoms with Crippen LogP contribution in [0.5, 0.6) is 0 Å². The van der Waals surface area contributed by atoms with Gasteiger partial charge in [0.15, 0.2) is 4.34 Å². The summed E-state index contributed by atoms with van der Waals surface area (Å²) >= 11 is 4.64. The van der Waals surface area contributed by atoms with Gasteiger partial charge in [0.2, 0.25) is 11.0 Å². The second-order valence-electron chi connectivity index (χ2n) is 6.79. The first kappa shape index (κ1) is 21.5. The minimum absolute atomic E-state index is 0.0482. The summed E-state index contributed by atoms with van der Waals surface area (Å²) in [5.41, 5.74) is 3.16. The maximum Gasteiger partial charge on any atom is 0.234 e. The van der Waals surface area contributed by atoms with E-state index in [2.05, 4.69) is 56.5 Å². The molecular weight excluding hydrogens is 444 g/mol. The fraction of sp³-hybridized carbons (Fsp3) is 0.174. The number of thiophene rings is 1. The molecule has 5 nitrogen and oxygen atoms in total. The molecule has 158 valence electrons. The second-order valence-corrected chi connectivity index (χ2v) is 10.0. The first-order valence-corrected chi connectivity index (χ1v) is 12.6. The normalized spacial score (nSPS) is 10.7. The lowest BCUT2D eigenvalue weighted by Crippen LogP contribution is -2.15. The third kappa shape index (κ3) is 6.65. The van der Waals surface area contributed by atoms with Crippen LogP contribution in [0.15, 0.2) is 76.4 Å². The standard InChI is InChI=1S/C23H22N4OS3/c28-21(25-20-11-5-4-9-18(20)15-17-7-2-1-3-8-17)16-30-23-27-26-22(31-23)24-13-12-19-10-6-14-29-19/h1-11,14H,12-13,15-16H2,(H,24,26)(H,25,28). The largest absolute Gasteiger partial charge is 0.360 e. The summed E-state index contributed by atoms with van der Waals surface area (Å²) < 4.78 is 0.784. The molecule has 0 aliphatic heterocycles. The Morgan fingerprint density at radius 3 is 2.65 bits per heavy atom. The zero-order valence-corrected chi connectivity index (χ0v) is 19.2. The van der Waals surface area contributed by atoms with Gasteiger partial charge in [0.25, 0.3) is 0 Å². The van der Waals surface area contributed by atoms with Crippen molar-refractivity contribution in [3.05, 3.63) is 88.1 Å². The van der Waals surface area contributed by atoms with E-state index >= 15 is 0 Å². The smallest absolute Gasteiger partial charge is 0.234 e. The highest BCUT2D eigenvalue weighted by Crippen LogP contribution is 2.26. The van der Waals surface area contributed by atoms with Crippen molar-refractivity contribution in [2.75, 3.05) is 22.9 Å². The predicted molar refractivity (Wildman–Crippen MR) is 131 cm³/mol. The summed E-state index contributed by atoms with van der Waals surface area (Å²) in [4.78, 5) is 13.9. The van der Waals surface area contributed by atoms with Crippen molar-refractivity contribution < 1.29 is 4.79 Å². The molecule has 2 N–H and O–H groups in total. The quantitative estimate of drug-likeness (QED) is 0.299. The van der Waals surface area contributed by atoms with Crippen molar-refractivity contribution in [2.45, 2.75) is 17.2 Å². The molecule has 8 heteroatoms. The molecule has 4 aromatic rings. The van der Waals surface area contributed by atoms with Crippen LogP contribution < -0.4 is 10.6 Å². The van der Waals surface area contributed by atoms with Gasteiger partial charge in [-0.2, -0.15) is 0 Å². The number of carbonyl (C=O) groups is 1. The van der Waals surface area contributed by atoms with Crippen LogP contribution in [0.1, 0.15) is 16.0 Å². The van der Waals surface area contributed by atoms with Crippen LogP contribution in [0.3, 0.4) is 0 Å². The Hall–Kier alpha value is -2.68. The Labute approximate surface area is 194 Å². The van der Waals surface area contributed by atoms with Crippen LogP contribution in [0, 0.1) is 0 Å². The Bertz CT molecular complexity index is 1100. The van der Waals surface area contributed by atoms with Crippen molar-refractivity contribution in [3.8, 4) is 0 Å². The Morgan fingerprint density at radius 1 is 0.968 bits per heavy atom. The maximum atomic E-state index is 12.5. The van der Waals surface area contributed by atoms with Gasteiger partial charge < -0.3 is 10.6 Å². The number of hydrogen-bond donors (Lipinski definition) is 2. The number of thioether (sulfide) groups is 1. The molecular formula is C23H22N4OS3. The van der Waals surface area contributed by atoms with Crippen LogP contribution in [-0.2, 0) is 17.6 Å². The third-order valence-electron chi connectivity index (χ3n) is 4.49. The molecule has 0 radical (unpaired) electrons. The Morgan fingerprint density at radius 2 is 1.81 bits per heavy atom. The van der Waals surface area contributed by atoms with Gasteiger partial charge in [-0.25, -0.2) is 0 Å². The molecule has 0 saturated heterocycles. The number of carbonyl (C=O) groups excluding carboxylic acids is 1. The number of anilines is 2. The van der Waals surface area contributed by atoms with Crippen LogP contribution in [-0.4, -0.2) is 28.4 Å². The SMILES string of the molecule is O=C(CSc1nnc(NCCc2cccs2)s1)Nc1ccccc1Cc1ccccc1. The average Bonchev–Trinajstić information content (AvgIpc) is 3.47. The van der Waals surface area contributed by atoms with E-state index in [-0.39, 0.29) is 5.91 Å². The lowest BCUT2D eigenvalue weighted by atomic mass is 10.0. The summed E-state index contributed by atoms with van der Waals surface area (Å²) in [6.45, 7) is 0.818. The molecule has 2 aromatic heterocycles. The van der Waals surface area contributed by atoms with Gasteiger partial charge in [-0.05, 0) is 41.5 Å². The van der Waals surface area contributed by atoms with E-state index in [9.17, 15) is 4.79 Å². The number of amides is 1. The van der Waals surface area contributed by atoms with E-state index in [0.717, 1.165) is 40.1 Å². The highest BCUT2D eigenvalue weighted by atomic mass is 32.2. The van der Waals surface area contributed by atoms with Gasteiger partial charge in [-0.3, -0.25) is 4.79 Å². The highest BCUT2D eigenvalue weighted by molar-refractivity contribution is 8.01. The lowest BCUT2D eigenvalue weighted by Gasteiger charge is -2.11.